The Morgan fingerprint density at radius 1 is 1.13 bits per heavy atom. The van der Waals surface area contributed by atoms with E-state index in [0.29, 0.717) is 0 Å². The molecular weight excluding hydrogens is 284 g/mol. The van der Waals surface area contributed by atoms with Gasteiger partial charge in [0.05, 0.1) is 0 Å². The Morgan fingerprint density at radius 3 is 2.48 bits per heavy atom. The first-order valence-electron chi connectivity index (χ1n) is 9.28. The van der Waals surface area contributed by atoms with E-state index in [9.17, 15) is 4.79 Å². The summed E-state index contributed by atoms with van der Waals surface area (Å²) in [5, 5.41) is 0. The van der Waals surface area contributed by atoms with Crippen molar-refractivity contribution in [2.24, 2.45) is 17.6 Å². The molecular formula is C20H30N2O. The molecule has 1 atom stereocenters. The van der Waals surface area contributed by atoms with Gasteiger partial charge >= 0.3 is 0 Å². The lowest BCUT2D eigenvalue weighted by atomic mass is 9.80. The predicted octanol–water partition coefficient (Wildman–Crippen LogP) is 3.90. The van der Waals surface area contributed by atoms with Crippen LogP contribution in [-0.2, 0) is 11.2 Å². The number of benzene rings is 1. The Labute approximate surface area is 140 Å². The molecule has 1 amide bonds. The van der Waals surface area contributed by atoms with E-state index >= 15 is 0 Å². The number of anilines is 1. The summed E-state index contributed by atoms with van der Waals surface area (Å²) < 4.78 is 0. The minimum atomic E-state index is -0.196. The van der Waals surface area contributed by atoms with Crippen molar-refractivity contribution in [1.29, 1.82) is 0 Å². The highest BCUT2D eigenvalue weighted by Gasteiger charge is 2.29. The summed E-state index contributed by atoms with van der Waals surface area (Å²) in [6, 6.07) is 8.68. The summed E-state index contributed by atoms with van der Waals surface area (Å²) in [5.41, 5.74) is 8.07. The lowest BCUT2D eigenvalue weighted by Crippen LogP contribution is -2.40. The predicted molar refractivity (Wildman–Crippen MR) is 95.4 cm³/mol. The number of amides is 1. The molecule has 0 radical (unpaired) electrons. The van der Waals surface area contributed by atoms with Gasteiger partial charge in [-0.05, 0) is 55.2 Å². The number of carbonyl (C=O) groups excluding carboxylic acids is 1. The average Bonchev–Trinajstić information content (AvgIpc) is 3.05. The molecule has 1 aromatic carbocycles. The Balaban J connectivity index is 1.54. The maximum Gasteiger partial charge on any atom is 0.240 e. The van der Waals surface area contributed by atoms with E-state index in [1.807, 2.05) is 0 Å². The molecule has 1 aliphatic heterocycles. The number of rotatable bonds is 5. The number of hydrogen-bond donors (Lipinski definition) is 1. The van der Waals surface area contributed by atoms with Crippen LogP contribution in [0.3, 0.4) is 0 Å². The highest BCUT2D eigenvalue weighted by atomic mass is 16.1. The van der Waals surface area contributed by atoms with Crippen molar-refractivity contribution in [1.82, 2.24) is 0 Å². The second-order valence-corrected chi connectivity index (χ2v) is 7.58. The molecule has 2 fully saturated rings. The van der Waals surface area contributed by atoms with Crippen LogP contribution in [0.15, 0.2) is 24.3 Å². The van der Waals surface area contributed by atoms with E-state index in [0.717, 1.165) is 36.9 Å². The van der Waals surface area contributed by atoms with Crippen molar-refractivity contribution in [3.8, 4) is 0 Å². The first-order valence-corrected chi connectivity index (χ1v) is 9.28. The van der Waals surface area contributed by atoms with Gasteiger partial charge in [-0.2, -0.15) is 0 Å². The van der Waals surface area contributed by atoms with Crippen molar-refractivity contribution in [2.75, 3.05) is 11.4 Å². The molecule has 1 aromatic rings. The molecule has 1 heterocycles. The first kappa shape index (κ1) is 16.4. The van der Waals surface area contributed by atoms with E-state index in [4.69, 9.17) is 5.73 Å². The monoisotopic (exact) mass is 314 g/mol. The number of nitrogens with zero attached hydrogens (tertiary/aromatic N) is 1. The van der Waals surface area contributed by atoms with E-state index in [-0.39, 0.29) is 11.9 Å². The van der Waals surface area contributed by atoms with E-state index in [1.165, 1.54) is 44.1 Å². The van der Waals surface area contributed by atoms with E-state index in [2.05, 4.69) is 36.1 Å². The zero-order chi connectivity index (χ0) is 16.2. The summed E-state index contributed by atoms with van der Waals surface area (Å²) in [7, 11) is 0. The number of nitrogens with two attached hydrogens (primary N) is 1. The molecule has 1 saturated carbocycles. The third kappa shape index (κ3) is 4.07. The Kier molecular flexibility index (Phi) is 5.24. The number of carbonyl (C=O) groups is 1. The van der Waals surface area contributed by atoms with E-state index < -0.39 is 0 Å². The minimum Gasteiger partial charge on any atom is -0.368 e. The second kappa shape index (κ2) is 7.37. The quantitative estimate of drug-likeness (QED) is 0.896. The smallest absolute Gasteiger partial charge is 0.240 e. The SMILES string of the molecule is CC1CCC(CCc2ccc(N3CCC[C@H]3C(N)=O)cc2)CC1. The summed E-state index contributed by atoms with van der Waals surface area (Å²) in [6.07, 6.45) is 10.1. The summed E-state index contributed by atoms with van der Waals surface area (Å²) in [5.74, 6) is 1.66. The van der Waals surface area contributed by atoms with Gasteiger partial charge in [0.25, 0.3) is 0 Å². The maximum atomic E-state index is 11.5. The summed E-state index contributed by atoms with van der Waals surface area (Å²) >= 11 is 0. The van der Waals surface area contributed by atoms with Gasteiger partial charge in [0.1, 0.15) is 6.04 Å². The van der Waals surface area contributed by atoms with Crippen LogP contribution in [0.25, 0.3) is 0 Å². The molecule has 2 aliphatic rings. The van der Waals surface area contributed by atoms with Crippen LogP contribution in [0.1, 0.15) is 57.4 Å². The fourth-order valence-electron chi connectivity index (χ4n) is 4.21. The molecule has 0 unspecified atom stereocenters. The van der Waals surface area contributed by atoms with Gasteiger partial charge in [-0.25, -0.2) is 0 Å². The summed E-state index contributed by atoms with van der Waals surface area (Å²) in [6.45, 7) is 3.32. The van der Waals surface area contributed by atoms with Crippen molar-refractivity contribution in [3.63, 3.8) is 0 Å². The minimum absolute atomic E-state index is 0.120. The number of hydrogen-bond acceptors (Lipinski definition) is 2. The fourth-order valence-corrected chi connectivity index (χ4v) is 4.21. The third-order valence-corrected chi connectivity index (χ3v) is 5.83. The Bertz CT molecular complexity index is 517. The van der Waals surface area contributed by atoms with Gasteiger partial charge < -0.3 is 10.6 Å². The number of primary amides is 1. The molecule has 0 bridgehead atoms. The molecule has 23 heavy (non-hydrogen) atoms. The van der Waals surface area contributed by atoms with Gasteiger partial charge in [0, 0.05) is 12.2 Å². The standard InChI is InChI=1S/C20H30N2O/c1-15-4-6-16(7-5-15)8-9-17-10-12-18(13-11-17)22-14-2-3-19(22)20(21)23/h10-13,15-16,19H,2-9,14H2,1H3,(H2,21,23)/t15?,16?,19-/m0/s1. The molecule has 126 valence electrons. The average molecular weight is 314 g/mol. The van der Waals surface area contributed by atoms with Crippen molar-refractivity contribution >= 4 is 11.6 Å². The first-order chi connectivity index (χ1) is 11.1. The van der Waals surface area contributed by atoms with Crippen LogP contribution < -0.4 is 10.6 Å². The molecule has 2 N–H and O–H groups in total. The van der Waals surface area contributed by atoms with Gasteiger partial charge in [0.2, 0.25) is 5.91 Å². The zero-order valence-corrected chi connectivity index (χ0v) is 14.3. The largest absolute Gasteiger partial charge is 0.368 e. The molecule has 3 rings (SSSR count). The number of aryl methyl sites for hydroxylation is 1. The Morgan fingerprint density at radius 2 is 1.83 bits per heavy atom. The second-order valence-electron chi connectivity index (χ2n) is 7.58. The summed E-state index contributed by atoms with van der Waals surface area (Å²) in [4.78, 5) is 13.7. The normalized spacial score (nSPS) is 28.0. The van der Waals surface area contributed by atoms with Crippen LogP contribution in [0.5, 0.6) is 0 Å². The van der Waals surface area contributed by atoms with Crippen LogP contribution in [0.2, 0.25) is 0 Å². The van der Waals surface area contributed by atoms with Crippen LogP contribution in [0, 0.1) is 11.8 Å². The zero-order valence-electron chi connectivity index (χ0n) is 14.3. The van der Waals surface area contributed by atoms with Gasteiger partial charge in [0.15, 0.2) is 0 Å². The van der Waals surface area contributed by atoms with Crippen LogP contribution >= 0.6 is 0 Å². The molecule has 3 heteroatoms. The van der Waals surface area contributed by atoms with E-state index in [1.54, 1.807) is 0 Å². The van der Waals surface area contributed by atoms with Gasteiger partial charge in [-0.3, -0.25) is 4.79 Å². The fraction of sp³-hybridized carbons (Fsp3) is 0.650. The topological polar surface area (TPSA) is 46.3 Å². The lowest BCUT2D eigenvalue weighted by Gasteiger charge is -2.26. The van der Waals surface area contributed by atoms with Crippen LogP contribution in [-0.4, -0.2) is 18.5 Å². The van der Waals surface area contributed by atoms with Gasteiger partial charge in [-0.1, -0.05) is 44.7 Å². The molecule has 3 nitrogen and oxygen atoms in total. The van der Waals surface area contributed by atoms with Crippen molar-refractivity contribution in [2.45, 2.75) is 64.3 Å². The van der Waals surface area contributed by atoms with Crippen LogP contribution in [0.4, 0.5) is 5.69 Å². The van der Waals surface area contributed by atoms with Gasteiger partial charge in [-0.15, -0.1) is 0 Å². The van der Waals surface area contributed by atoms with Crippen molar-refractivity contribution in [3.05, 3.63) is 29.8 Å². The maximum absolute atomic E-state index is 11.5. The molecule has 0 spiro atoms. The van der Waals surface area contributed by atoms with Crippen molar-refractivity contribution < 1.29 is 4.79 Å². The Hall–Kier alpha value is -1.51. The highest BCUT2D eigenvalue weighted by Crippen LogP contribution is 2.31. The molecule has 1 saturated heterocycles. The third-order valence-electron chi connectivity index (χ3n) is 5.83. The highest BCUT2D eigenvalue weighted by molar-refractivity contribution is 5.84. The molecule has 0 aromatic heterocycles. The lowest BCUT2D eigenvalue weighted by molar-refractivity contribution is -0.119. The molecule has 1 aliphatic carbocycles.